The minimum Gasteiger partial charge on any atom is -0.322 e. The smallest absolute Gasteiger partial charge is 0.274 e. The minimum absolute atomic E-state index is 0.0187. The maximum atomic E-state index is 13.6. The molecule has 130 valence electrons. The Balaban J connectivity index is 1.76. The van der Waals surface area contributed by atoms with E-state index in [4.69, 9.17) is 0 Å². The molecule has 2 aromatic carbocycles. The summed E-state index contributed by atoms with van der Waals surface area (Å²) >= 11 is 0. The van der Waals surface area contributed by atoms with Gasteiger partial charge in [0.15, 0.2) is 0 Å². The van der Waals surface area contributed by atoms with E-state index in [0.717, 1.165) is 5.56 Å². The van der Waals surface area contributed by atoms with Crippen molar-refractivity contribution >= 4 is 23.2 Å². The zero-order valence-electron chi connectivity index (χ0n) is 14.0. The number of carbonyl (C=O) groups is 2. The first kappa shape index (κ1) is 17.3. The number of nitrogens with zero attached hydrogens (tertiary/aromatic N) is 1. The van der Waals surface area contributed by atoms with Crippen molar-refractivity contribution in [2.45, 2.75) is 6.92 Å². The summed E-state index contributed by atoms with van der Waals surface area (Å²) in [6.45, 7) is 1.92. The van der Waals surface area contributed by atoms with Crippen LogP contribution in [0.3, 0.4) is 0 Å². The Morgan fingerprint density at radius 2 is 1.73 bits per heavy atom. The lowest BCUT2D eigenvalue weighted by atomic mass is 10.2. The van der Waals surface area contributed by atoms with Crippen LogP contribution in [-0.4, -0.2) is 16.8 Å². The second-order valence-electron chi connectivity index (χ2n) is 5.69. The van der Waals surface area contributed by atoms with Crippen LogP contribution in [0.4, 0.5) is 15.8 Å². The number of hydrogen-bond acceptors (Lipinski definition) is 3. The Labute approximate surface area is 149 Å². The summed E-state index contributed by atoms with van der Waals surface area (Å²) < 4.78 is 13.6. The van der Waals surface area contributed by atoms with Gasteiger partial charge in [0.2, 0.25) is 0 Å². The van der Waals surface area contributed by atoms with Crippen molar-refractivity contribution < 1.29 is 14.0 Å². The lowest BCUT2D eigenvalue weighted by Gasteiger charge is -2.08. The molecule has 1 heterocycles. The largest absolute Gasteiger partial charge is 0.322 e. The molecular formula is C20H16FN3O2. The molecule has 3 rings (SSSR count). The SMILES string of the molecule is Cc1cccc(NC(=O)c2ccnc(C(=O)Nc3ccccc3F)c2)c1. The predicted octanol–water partition coefficient (Wildman–Crippen LogP) is 4.03. The van der Waals surface area contributed by atoms with E-state index >= 15 is 0 Å². The molecular weight excluding hydrogens is 333 g/mol. The molecule has 0 fully saturated rings. The highest BCUT2D eigenvalue weighted by molar-refractivity contribution is 6.07. The zero-order chi connectivity index (χ0) is 18.5. The molecule has 0 bridgehead atoms. The molecule has 0 saturated carbocycles. The van der Waals surface area contributed by atoms with Crippen LogP contribution in [0.1, 0.15) is 26.4 Å². The quantitative estimate of drug-likeness (QED) is 0.747. The van der Waals surface area contributed by atoms with Crippen molar-refractivity contribution in [3.05, 3.63) is 89.5 Å². The lowest BCUT2D eigenvalue weighted by Crippen LogP contribution is -2.17. The van der Waals surface area contributed by atoms with Crippen molar-refractivity contribution in [3.8, 4) is 0 Å². The number of carbonyl (C=O) groups excluding carboxylic acids is 2. The number of nitrogens with one attached hydrogen (secondary N) is 2. The monoisotopic (exact) mass is 349 g/mol. The van der Waals surface area contributed by atoms with Crippen molar-refractivity contribution in [1.82, 2.24) is 4.98 Å². The van der Waals surface area contributed by atoms with Crippen LogP contribution in [0.25, 0.3) is 0 Å². The second kappa shape index (κ2) is 7.57. The Kier molecular flexibility index (Phi) is 5.03. The van der Waals surface area contributed by atoms with Crippen LogP contribution in [-0.2, 0) is 0 Å². The van der Waals surface area contributed by atoms with Crippen LogP contribution in [0.2, 0.25) is 0 Å². The fourth-order valence-corrected chi connectivity index (χ4v) is 2.37. The van der Waals surface area contributed by atoms with Gasteiger partial charge in [-0.1, -0.05) is 24.3 Å². The average molecular weight is 349 g/mol. The molecule has 5 nitrogen and oxygen atoms in total. The van der Waals surface area contributed by atoms with Crippen molar-refractivity contribution in [3.63, 3.8) is 0 Å². The van der Waals surface area contributed by atoms with Gasteiger partial charge in [-0.2, -0.15) is 0 Å². The maximum absolute atomic E-state index is 13.6. The van der Waals surface area contributed by atoms with Gasteiger partial charge < -0.3 is 10.6 Å². The van der Waals surface area contributed by atoms with E-state index in [0.29, 0.717) is 5.69 Å². The summed E-state index contributed by atoms with van der Waals surface area (Å²) in [6.07, 6.45) is 1.36. The first-order valence-electron chi connectivity index (χ1n) is 7.93. The van der Waals surface area contributed by atoms with Crippen LogP contribution in [0, 0.1) is 12.7 Å². The molecule has 2 amide bonds. The Bertz CT molecular complexity index is 973. The Morgan fingerprint density at radius 1 is 0.923 bits per heavy atom. The molecule has 26 heavy (non-hydrogen) atoms. The first-order chi connectivity index (χ1) is 12.5. The number of para-hydroxylation sites is 1. The number of rotatable bonds is 4. The number of halogens is 1. The summed E-state index contributed by atoms with van der Waals surface area (Å²) in [5, 5.41) is 5.21. The summed E-state index contributed by atoms with van der Waals surface area (Å²) in [4.78, 5) is 28.6. The molecule has 0 atom stereocenters. The lowest BCUT2D eigenvalue weighted by molar-refractivity contribution is 0.102. The molecule has 3 aromatic rings. The molecule has 0 radical (unpaired) electrons. The van der Waals surface area contributed by atoms with Crippen molar-refractivity contribution in [1.29, 1.82) is 0 Å². The van der Waals surface area contributed by atoms with E-state index < -0.39 is 11.7 Å². The zero-order valence-corrected chi connectivity index (χ0v) is 14.0. The van der Waals surface area contributed by atoms with Gasteiger partial charge in [0.05, 0.1) is 5.69 Å². The normalized spacial score (nSPS) is 10.2. The summed E-state index contributed by atoms with van der Waals surface area (Å²) in [5.74, 6) is -1.51. The van der Waals surface area contributed by atoms with Gasteiger partial charge >= 0.3 is 0 Å². The fourth-order valence-electron chi connectivity index (χ4n) is 2.37. The van der Waals surface area contributed by atoms with E-state index in [2.05, 4.69) is 15.6 Å². The van der Waals surface area contributed by atoms with Crippen molar-refractivity contribution in [2.75, 3.05) is 10.6 Å². The van der Waals surface area contributed by atoms with Crippen LogP contribution in [0.15, 0.2) is 66.9 Å². The molecule has 0 saturated heterocycles. The highest BCUT2D eigenvalue weighted by Gasteiger charge is 2.13. The third-order valence-electron chi connectivity index (χ3n) is 3.65. The predicted molar refractivity (Wildman–Crippen MR) is 97.7 cm³/mol. The van der Waals surface area contributed by atoms with Crippen molar-refractivity contribution in [2.24, 2.45) is 0 Å². The molecule has 0 aliphatic heterocycles. The van der Waals surface area contributed by atoms with E-state index in [1.165, 1.54) is 36.5 Å². The topological polar surface area (TPSA) is 71.1 Å². The minimum atomic E-state index is -0.597. The third-order valence-corrected chi connectivity index (χ3v) is 3.65. The summed E-state index contributed by atoms with van der Waals surface area (Å²) in [6, 6.07) is 16.1. The Hall–Kier alpha value is -3.54. The van der Waals surface area contributed by atoms with E-state index in [9.17, 15) is 14.0 Å². The second-order valence-corrected chi connectivity index (χ2v) is 5.69. The highest BCUT2D eigenvalue weighted by atomic mass is 19.1. The van der Waals surface area contributed by atoms with Gasteiger partial charge in [0.25, 0.3) is 11.8 Å². The third kappa shape index (κ3) is 4.10. The van der Waals surface area contributed by atoms with Crippen LogP contribution >= 0.6 is 0 Å². The number of aryl methyl sites for hydroxylation is 1. The van der Waals surface area contributed by atoms with Crippen LogP contribution in [0.5, 0.6) is 0 Å². The molecule has 0 unspecified atom stereocenters. The van der Waals surface area contributed by atoms with Gasteiger partial charge in [0, 0.05) is 17.4 Å². The summed E-state index contributed by atoms with van der Waals surface area (Å²) in [7, 11) is 0. The van der Waals surface area contributed by atoms with Gasteiger partial charge in [-0.25, -0.2) is 4.39 Å². The summed E-state index contributed by atoms with van der Waals surface area (Å²) in [5.41, 5.74) is 2.02. The molecule has 2 N–H and O–H groups in total. The number of aromatic nitrogens is 1. The van der Waals surface area contributed by atoms with Gasteiger partial charge in [-0.3, -0.25) is 14.6 Å². The average Bonchev–Trinajstić information content (AvgIpc) is 2.63. The van der Waals surface area contributed by atoms with E-state index in [1.807, 2.05) is 25.1 Å². The van der Waals surface area contributed by atoms with Gasteiger partial charge in [-0.15, -0.1) is 0 Å². The molecule has 1 aromatic heterocycles. The molecule has 0 aliphatic carbocycles. The fraction of sp³-hybridized carbons (Fsp3) is 0.0500. The van der Waals surface area contributed by atoms with Gasteiger partial charge in [-0.05, 0) is 48.9 Å². The first-order valence-corrected chi connectivity index (χ1v) is 7.93. The Morgan fingerprint density at radius 3 is 2.50 bits per heavy atom. The maximum Gasteiger partial charge on any atom is 0.274 e. The number of hydrogen-bond donors (Lipinski definition) is 2. The standard InChI is InChI=1S/C20H16FN3O2/c1-13-5-4-6-15(11-13)23-19(25)14-9-10-22-18(12-14)20(26)24-17-8-3-2-7-16(17)21/h2-12H,1H3,(H,23,25)(H,24,26). The number of benzene rings is 2. The number of anilines is 2. The van der Waals surface area contributed by atoms with E-state index in [-0.39, 0.29) is 22.9 Å². The molecule has 0 aliphatic rings. The van der Waals surface area contributed by atoms with Crippen LogP contribution < -0.4 is 10.6 Å². The number of amides is 2. The van der Waals surface area contributed by atoms with E-state index in [1.54, 1.807) is 12.1 Å². The molecule has 6 heteroatoms. The highest BCUT2D eigenvalue weighted by Crippen LogP contribution is 2.15. The van der Waals surface area contributed by atoms with Gasteiger partial charge in [0.1, 0.15) is 11.5 Å². The number of pyridine rings is 1. The molecule has 0 spiro atoms.